The molecule has 102 valence electrons. The number of thioether (sulfide) groups is 1. The molecule has 0 bridgehead atoms. The fourth-order valence-corrected chi connectivity index (χ4v) is 1.96. The molecule has 0 saturated heterocycles. The van der Waals surface area contributed by atoms with Crippen molar-refractivity contribution in [2.45, 2.75) is 26.8 Å². The summed E-state index contributed by atoms with van der Waals surface area (Å²) >= 11 is 1.88. The standard InChI is InChI=1S/C11H21N5OS/c1-5-17-11-15-9(12-4)14-10(16-11)13-8(3)7-18-6-2/h8H,5-7H2,1-4H3,(H2,12,13,14,15,16). The Bertz CT molecular complexity index is 363. The lowest BCUT2D eigenvalue weighted by Crippen LogP contribution is -2.20. The summed E-state index contributed by atoms with van der Waals surface area (Å²) in [5.74, 6) is 3.17. The van der Waals surface area contributed by atoms with Crippen LogP contribution in [0.3, 0.4) is 0 Å². The second-order valence-electron chi connectivity index (χ2n) is 3.65. The highest BCUT2D eigenvalue weighted by Crippen LogP contribution is 2.12. The third-order valence-corrected chi connectivity index (χ3v) is 3.20. The molecule has 0 aliphatic heterocycles. The van der Waals surface area contributed by atoms with E-state index in [-0.39, 0.29) is 0 Å². The lowest BCUT2D eigenvalue weighted by atomic mass is 10.4. The maximum Gasteiger partial charge on any atom is 0.323 e. The molecule has 1 heterocycles. The number of nitrogens with one attached hydrogen (secondary N) is 2. The first-order chi connectivity index (χ1) is 8.69. The van der Waals surface area contributed by atoms with E-state index in [0.717, 1.165) is 11.5 Å². The SMILES string of the molecule is CCOc1nc(NC)nc(NC(C)CSCC)n1. The Balaban J connectivity index is 2.71. The van der Waals surface area contributed by atoms with E-state index in [1.807, 2.05) is 18.7 Å². The smallest absolute Gasteiger partial charge is 0.323 e. The lowest BCUT2D eigenvalue weighted by Gasteiger charge is -2.14. The highest BCUT2D eigenvalue weighted by atomic mass is 32.2. The molecule has 18 heavy (non-hydrogen) atoms. The maximum absolute atomic E-state index is 5.30. The maximum atomic E-state index is 5.30. The predicted octanol–water partition coefficient (Wildman–Crippen LogP) is 1.87. The van der Waals surface area contributed by atoms with Crippen LogP contribution in [0.2, 0.25) is 0 Å². The van der Waals surface area contributed by atoms with Crippen LogP contribution in [0.1, 0.15) is 20.8 Å². The first-order valence-electron chi connectivity index (χ1n) is 6.10. The number of aromatic nitrogens is 3. The summed E-state index contributed by atoms with van der Waals surface area (Å²) < 4.78 is 5.30. The third kappa shape index (κ3) is 4.95. The number of nitrogens with zero attached hydrogens (tertiary/aromatic N) is 3. The summed E-state index contributed by atoms with van der Waals surface area (Å²) in [6.07, 6.45) is 0. The van der Waals surface area contributed by atoms with Crippen LogP contribution in [-0.2, 0) is 0 Å². The van der Waals surface area contributed by atoms with Crippen molar-refractivity contribution < 1.29 is 4.74 Å². The Morgan fingerprint density at radius 1 is 1.22 bits per heavy atom. The molecule has 0 fully saturated rings. The predicted molar refractivity (Wildman–Crippen MR) is 76.6 cm³/mol. The molecule has 0 amide bonds. The molecule has 0 aliphatic carbocycles. The van der Waals surface area contributed by atoms with Crippen LogP contribution < -0.4 is 15.4 Å². The van der Waals surface area contributed by atoms with E-state index in [1.165, 1.54) is 0 Å². The molecule has 1 aromatic heterocycles. The molecule has 0 aromatic carbocycles. The average Bonchev–Trinajstić information content (AvgIpc) is 2.36. The van der Waals surface area contributed by atoms with Gasteiger partial charge < -0.3 is 15.4 Å². The van der Waals surface area contributed by atoms with E-state index < -0.39 is 0 Å². The largest absolute Gasteiger partial charge is 0.464 e. The minimum absolute atomic E-state index is 0.302. The van der Waals surface area contributed by atoms with E-state index in [0.29, 0.717) is 30.6 Å². The van der Waals surface area contributed by atoms with Gasteiger partial charge in [0.1, 0.15) is 0 Å². The molecule has 2 N–H and O–H groups in total. The molecule has 0 radical (unpaired) electrons. The molecule has 0 saturated carbocycles. The Morgan fingerprint density at radius 2 is 1.94 bits per heavy atom. The van der Waals surface area contributed by atoms with Crippen LogP contribution in [0.5, 0.6) is 6.01 Å². The normalized spacial score (nSPS) is 12.0. The van der Waals surface area contributed by atoms with Crippen molar-refractivity contribution >= 4 is 23.7 Å². The third-order valence-electron chi connectivity index (χ3n) is 2.06. The van der Waals surface area contributed by atoms with E-state index in [2.05, 4.69) is 39.4 Å². The molecule has 0 aliphatic rings. The van der Waals surface area contributed by atoms with E-state index >= 15 is 0 Å². The highest BCUT2D eigenvalue weighted by Gasteiger charge is 2.09. The van der Waals surface area contributed by atoms with Crippen LogP contribution in [0, 0.1) is 0 Å². The summed E-state index contributed by atoms with van der Waals surface area (Å²) in [6.45, 7) is 6.68. The molecule has 1 unspecified atom stereocenters. The first kappa shape index (κ1) is 14.8. The van der Waals surface area contributed by atoms with Crippen LogP contribution >= 0.6 is 11.8 Å². The molecule has 6 nitrogen and oxygen atoms in total. The van der Waals surface area contributed by atoms with Crippen molar-refractivity contribution in [3.8, 4) is 6.01 Å². The summed E-state index contributed by atoms with van der Waals surface area (Å²) in [6, 6.07) is 0.645. The molecular weight excluding hydrogens is 250 g/mol. The van der Waals surface area contributed by atoms with Crippen molar-refractivity contribution in [3.63, 3.8) is 0 Å². The molecule has 1 rings (SSSR count). The Morgan fingerprint density at radius 3 is 2.56 bits per heavy atom. The molecule has 1 aromatic rings. The summed E-state index contributed by atoms with van der Waals surface area (Å²) in [4.78, 5) is 12.6. The monoisotopic (exact) mass is 271 g/mol. The number of anilines is 2. The van der Waals surface area contributed by atoms with Crippen molar-refractivity contribution in [3.05, 3.63) is 0 Å². The summed E-state index contributed by atoms with van der Waals surface area (Å²) in [5, 5.41) is 6.14. The molecule has 0 spiro atoms. The van der Waals surface area contributed by atoms with Gasteiger partial charge >= 0.3 is 6.01 Å². The number of hydrogen-bond acceptors (Lipinski definition) is 7. The minimum atomic E-state index is 0.302. The minimum Gasteiger partial charge on any atom is -0.464 e. The quantitative estimate of drug-likeness (QED) is 0.747. The van der Waals surface area contributed by atoms with Crippen molar-refractivity contribution in [1.29, 1.82) is 0 Å². The van der Waals surface area contributed by atoms with Crippen molar-refractivity contribution in [2.24, 2.45) is 0 Å². The van der Waals surface area contributed by atoms with E-state index in [9.17, 15) is 0 Å². The van der Waals surface area contributed by atoms with Gasteiger partial charge in [-0.3, -0.25) is 0 Å². The van der Waals surface area contributed by atoms with Gasteiger partial charge in [0.25, 0.3) is 0 Å². The van der Waals surface area contributed by atoms with Crippen LogP contribution in [0.4, 0.5) is 11.9 Å². The van der Waals surface area contributed by atoms with Crippen molar-refractivity contribution in [2.75, 3.05) is 35.8 Å². The van der Waals surface area contributed by atoms with Gasteiger partial charge in [0.2, 0.25) is 11.9 Å². The van der Waals surface area contributed by atoms with Crippen LogP contribution in [-0.4, -0.2) is 46.2 Å². The summed E-state index contributed by atoms with van der Waals surface area (Å²) in [5.41, 5.74) is 0. The molecule has 7 heteroatoms. The van der Waals surface area contributed by atoms with Gasteiger partial charge in [-0.05, 0) is 19.6 Å². The van der Waals surface area contributed by atoms with Gasteiger partial charge in [0.05, 0.1) is 6.61 Å². The zero-order chi connectivity index (χ0) is 13.4. The van der Waals surface area contributed by atoms with Gasteiger partial charge in [-0.2, -0.15) is 26.7 Å². The van der Waals surface area contributed by atoms with Crippen molar-refractivity contribution in [1.82, 2.24) is 15.0 Å². The molecular formula is C11H21N5OS. The Hall–Kier alpha value is -1.24. The fourth-order valence-electron chi connectivity index (χ4n) is 1.28. The number of hydrogen-bond donors (Lipinski definition) is 2. The molecule has 1 atom stereocenters. The van der Waals surface area contributed by atoms with Gasteiger partial charge in [-0.15, -0.1) is 0 Å². The zero-order valence-electron chi connectivity index (χ0n) is 11.4. The van der Waals surface area contributed by atoms with Crippen LogP contribution in [0.25, 0.3) is 0 Å². The summed E-state index contributed by atoms with van der Waals surface area (Å²) in [7, 11) is 1.77. The average molecular weight is 271 g/mol. The zero-order valence-corrected chi connectivity index (χ0v) is 12.2. The van der Waals surface area contributed by atoms with E-state index in [1.54, 1.807) is 7.05 Å². The first-order valence-corrected chi connectivity index (χ1v) is 7.25. The van der Waals surface area contributed by atoms with Gasteiger partial charge in [-0.1, -0.05) is 6.92 Å². The Labute approximate surface area is 112 Å². The second-order valence-corrected chi connectivity index (χ2v) is 4.97. The lowest BCUT2D eigenvalue weighted by molar-refractivity contribution is 0.312. The van der Waals surface area contributed by atoms with E-state index in [4.69, 9.17) is 4.74 Å². The Kier molecular flexibility index (Phi) is 6.56. The van der Waals surface area contributed by atoms with Gasteiger partial charge in [0, 0.05) is 18.8 Å². The second kappa shape index (κ2) is 7.97. The van der Waals surface area contributed by atoms with Crippen LogP contribution in [0.15, 0.2) is 0 Å². The highest BCUT2D eigenvalue weighted by molar-refractivity contribution is 7.99. The number of rotatable bonds is 8. The number of ether oxygens (including phenoxy) is 1. The topological polar surface area (TPSA) is 72.0 Å². The van der Waals surface area contributed by atoms with Gasteiger partial charge in [-0.25, -0.2) is 0 Å². The van der Waals surface area contributed by atoms with Gasteiger partial charge in [0.15, 0.2) is 0 Å². The fraction of sp³-hybridized carbons (Fsp3) is 0.727.